The topological polar surface area (TPSA) is 109 Å². The second-order valence-corrected chi connectivity index (χ2v) is 2.43. The normalized spacial score (nSPS) is 12.1. The van der Waals surface area contributed by atoms with Crippen molar-refractivity contribution in [3.05, 3.63) is 28.0 Å². The van der Waals surface area contributed by atoms with Gasteiger partial charge >= 0.3 is 11.9 Å². The first-order valence-corrected chi connectivity index (χ1v) is 3.63. The zero-order valence-electron chi connectivity index (χ0n) is 7.30. The fourth-order valence-corrected chi connectivity index (χ4v) is 0.851. The van der Waals surface area contributed by atoms with Crippen LogP contribution in [0, 0.1) is 10.1 Å². The van der Waals surface area contributed by atoms with Crippen LogP contribution in [-0.4, -0.2) is 18.0 Å². The van der Waals surface area contributed by atoms with Crippen molar-refractivity contribution in [2.24, 2.45) is 5.73 Å². The molecule has 76 valence electrons. The van der Waals surface area contributed by atoms with Crippen molar-refractivity contribution in [1.82, 2.24) is 0 Å². The number of nitrogens with two attached hydrogens (primary N) is 1. The van der Waals surface area contributed by atoms with Gasteiger partial charge in [0, 0.05) is 0 Å². The molecule has 0 aromatic carbocycles. The van der Waals surface area contributed by atoms with Gasteiger partial charge in [-0.25, -0.2) is 4.79 Å². The summed E-state index contributed by atoms with van der Waals surface area (Å²) < 4.78 is 9.05. The number of esters is 1. The molecule has 0 aliphatic carbocycles. The van der Waals surface area contributed by atoms with Crippen LogP contribution < -0.4 is 5.73 Å². The molecule has 0 aliphatic heterocycles. The van der Waals surface area contributed by atoms with E-state index in [0.29, 0.717) is 0 Å². The first-order chi connectivity index (χ1) is 6.56. The minimum absolute atomic E-state index is 0.00329. The third-order valence-electron chi connectivity index (χ3n) is 1.55. The zero-order chi connectivity index (χ0) is 10.7. The van der Waals surface area contributed by atoms with Crippen LogP contribution in [0.25, 0.3) is 0 Å². The molecule has 7 heteroatoms. The summed E-state index contributed by atoms with van der Waals surface area (Å²) in [6.07, 6.45) is 0. The van der Waals surface area contributed by atoms with Gasteiger partial charge in [-0.1, -0.05) is 0 Å². The highest BCUT2D eigenvalue weighted by Crippen LogP contribution is 2.20. The predicted molar refractivity (Wildman–Crippen MR) is 44.3 cm³/mol. The zero-order valence-corrected chi connectivity index (χ0v) is 7.30. The second kappa shape index (κ2) is 3.88. The summed E-state index contributed by atoms with van der Waals surface area (Å²) in [7, 11) is 1.17. The van der Waals surface area contributed by atoms with Gasteiger partial charge in [0.25, 0.3) is 0 Å². The van der Waals surface area contributed by atoms with Crippen LogP contribution >= 0.6 is 0 Å². The Morgan fingerprint density at radius 3 is 2.79 bits per heavy atom. The van der Waals surface area contributed by atoms with Gasteiger partial charge in [-0.15, -0.1) is 0 Å². The number of nitro groups is 1. The van der Waals surface area contributed by atoms with E-state index in [0.717, 1.165) is 6.07 Å². The third-order valence-corrected chi connectivity index (χ3v) is 1.55. The lowest BCUT2D eigenvalue weighted by Crippen LogP contribution is -2.21. The van der Waals surface area contributed by atoms with Crippen molar-refractivity contribution in [3.8, 4) is 0 Å². The molecule has 0 aliphatic rings. The van der Waals surface area contributed by atoms with E-state index in [9.17, 15) is 14.9 Å². The molecule has 14 heavy (non-hydrogen) atoms. The smallest absolute Gasteiger partial charge is 0.433 e. The number of hydrogen-bond acceptors (Lipinski definition) is 6. The fraction of sp³-hybridized carbons (Fsp3) is 0.286. The maximum Gasteiger partial charge on any atom is 0.433 e. The molecule has 0 unspecified atom stereocenters. The number of ether oxygens (including phenoxy) is 1. The van der Waals surface area contributed by atoms with Gasteiger partial charge in [0.15, 0.2) is 6.04 Å². The monoisotopic (exact) mass is 200 g/mol. The van der Waals surface area contributed by atoms with Crippen molar-refractivity contribution in [2.75, 3.05) is 7.11 Å². The maximum atomic E-state index is 10.9. The lowest BCUT2D eigenvalue weighted by atomic mass is 10.2. The Morgan fingerprint density at radius 2 is 2.36 bits per heavy atom. The molecule has 0 fully saturated rings. The van der Waals surface area contributed by atoms with Gasteiger partial charge in [-0.2, -0.15) is 0 Å². The van der Waals surface area contributed by atoms with Gasteiger partial charge in [-0.05, 0) is 6.07 Å². The van der Waals surface area contributed by atoms with Gasteiger partial charge in [0.2, 0.25) is 0 Å². The Bertz CT molecular complexity index is 359. The number of nitrogens with zero attached hydrogens (tertiary/aromatic N) is 1. The molecule has 0 spiro atoms. The van der Waals surface area contributed by atoms with Crippen molar-refractivity contribution in [3.63, 3.8) is 0 Å². The van der Waals surface area contributed by atoms with Gasteiger partial charge in [0.05, 0.1) is 13.2 Å². The molecular weight excluding hydrogens is 192 g/mol. The molecule has 1 heterocycles. The average molecular weight is 200 g/mol. The van der Waals surface area contributed by atoms with E-state index in [2.05, 4.69) is 4.74 Å². The Kier molecular flexibility index (Phi) is 2.82. The van der Waals surface area contributed by atoms with E-state index < -0.39 is 22.8 Å². The van der Waals surface area contributed by atoms with Gasteiger partial charge in [0.1, 0.15) is 10.7 Å². The summed E-state index contributed by atoms with van der Waals surface area (Å²) in [5.41, 5.74) is 5.37. The summed E-state index contributed by atoms with van der Waals surface area (Å²) in [5.74, 6) is -1.17. The fourth-order valence-electron chi connectivity index (χ4n) is 0.851. The van der Waals surface area contributed by atoms with Crippen LogP contribution in [0.2, 0.25) is 0 Å². The molecule has 7 nitrogen and oxygen atoms in total. The Balaban J connectivity index is 2.86. The first-order valence-electron chi connectivity index (χ1n) is 3.63. The second-order valence-electron chi connectivity index (χ2n) is 2.43. The minimum atomic E-state index is -1.13. The summed E-state index contributed by atoms with van der Waals surface area (Å²) in [5, 5.41) is 10.2. The van der Waals surface area contributed by atoms with Gasteiger partial charge in [-0.3, -0.25) is 10.1 Å². The SMILES string of the molecule is COC(=O)[C@@H](N)c1ccc([N+](=O)[O-])o1. The van der Waals surface area contributed by atoms with E-state index in [4.69, 9.17) is 10.2 Å². The van der Waals surface area contributed by atoms with Crippen LogP contribution in [0.4, 0.5) is 5.88 Å². The molecule has 0 radical (unpaired) electrons. The number of furan rings is 1. The molecule has 0 amide bonds. The predicted octanol–water partition coefficient (Wildman–Crippen LogP) is 0.361. The van der Waals surface area contributed by atoms with Crippen LogP contribution in [0.15, 0.2) is 16.5 Å². The quantitative estimate of drug-likeness (QED) is 0.428. The Morgan fingerprint density at radius 1 is 1.71 bits per heavy atom. The van der Waals surface area contributed by atoms with Crippen LogP contribution in [0.5, 0.6) is 0 Å². The van der Waals surface area contributed by atoms with E-state index in [1.165, 1.54) is 13.2 Å². The lowest BCUT2D eigenvalue weighted by Gasteiger charge is -2.03. The summed E-state index contributed by atoms with van der Waals surface area (Å²) in [6.45, 7) is 0. The summed E-state index contributed by atoms with van der Waals surface area (Å²) >= 11 is 0. The molecule has 2 N–H and O–H groups in total. The maximum absolute atomic E-state index is 10.9. The highest BCUT2D eigenvalue weighted by atomic mass is 16.6. The van der Waals surface area contributed by atoms with Gasteiger partial charge < -0.3 is 14.9 Å². The van der Waals surface area contributed by atoms with E-state index in [-0.39, 0.29) is 5.76 Å². The van der Waals surface area contributed by atoms with Crippen molar-refractivity contribution in [2.45, 2.75) is 6.04 Å². The molecule has 1 aromatic heterocycles. The molecule has 0 saturated heterocycles. The number of carbonyl (C=O) groups excluding carboxylic acids is 1. The minimum Gasteiger partial charge on any atom is -0.468 e. The Labute approximate surface area is 78.6 Å². The number of rotatable bonds is 3. The number of hydrogen-bond donors (Lipinski definition) is 1. The van der Waals surface area contributed by atoms with Crippen LogP contribution in [0.1, 0.15) is 11.8 Å². The molecular formula is C7H8N2O5. The Hall–Kier alpha value is -1.89. The van der Waals surface area contributed by atoms with E-state index >= 15 is 0 Å². The van der Waals surface area contributed by atoms with Crippen molar-refractivity contribution >= 4 is 11.9 Å². The first kappa shape index (κ1) is 10.2. The highest BCUT2D eigenvalue weighted by Gasteiger charge is 2.22. The largest absolute Gasteiger partial charge is 0.468 e. The molecule has 0 bridgehead atoms. The average Bonchev–Trinajstić information content (AvgIpc) is 2.64. The van der Waals surface area contributed by atoms with Crippen molar-refractivity contribution < 1.29 is 18.9 Å². The van der Waals surface area contributed by atoms with E-state index in [1.54, 1.807) is 0 Å². The summed E-state index contributed by atoms with van der Waals surface area (Å²) in [4.78, 5) is 20.4. The third kappa shape index (κ3) is 1.88. The standard InChI is InChI=1S/C7H8N2O5/c1-13-7(10)6(8)4-2-3-5(14-4)9(11)12/h2-3,6H,8H2,1H3/t6-/m0/s1. The molecule has 1 atom stereocenters. The van der Waals surface area contributed by atoms with Crippen LogP contribution in [-0.2, 0) is 9.53 Å². The number of carbonyl (C=O) groups is 1. The molecule has 0 saturated carbocycles. The molecule has 1 rings (SSSR count). The van der Waals surface area contributed by atoms with E-state index in [1.807, 2.05) is 0 Å². The molecule has 1 aromatic rings. The number of methoxy groups -OCH3 is 1. The highest BCUT2D eigenvalue weighted by molar-refractivity contribution is 5.76. The van der Waals surface area contributed by atoms with Crippen LogP contribution in [0.3, 0.4) is 0 Å². The summed E-state index contributed by atoms with van der Waals surface area (Å²) in [6, 6.07) is 1.26. The van der Waals surface area contributed by atoms with Crippen molar-refractivity contribution in [1.29, 1.82) is 0 Å². The lowest BCUT2D eigenvalue weighted by molar-refractivity contribution is -0.402.